The third-order valence-corrected chi connectivity index (χ3v) is 2.99. The van der Waals surface area contributed by atoms with Crippen LogP contribution in [0.4, 0.5) is 0 Å². The first-order valence-corrected chi connectivity index (χ1v) is 5.59. The Morgan fingerprint density at radius 3 is 2.00 bits per heavy atom. The molecule has 0 aromatic rings. The quantitative estimate of drug-likeness (QED) is 0.515. The second kappa shape index (κ2) is 3.99. The van der Waals surface area contributed by atoms with Gasteiger partial charge < -0.3 is 4.74 Å². The van der Waals surface area contributed by atoms with Crippen molar-refractivity contribution < 1.29 is 9.53 Å². The Morgan fingerprint density at radius 1 is 1.20 bits per heavy atom. The van der Waals surface area contributed by atoms with Gasteiger partial charge in [-0.3, -0.25) is 4.79 Å². The molecule has 0 heterocycles. The van der Waals surface area contributed by atoms with E-state index in [9.17, 15) is 4.79 Å². The zero-order valence-corrected chi connectivity index (χ0v) is 10.7. The average Bonchev–Trinajstić information content (AvgIpc) is 2.76. The van der Waals surface area contributed by atoms with E-state index < -0.39 is 0 Å². The van der Waals surface area contributed by atoms with E-state index >= 15 is 0 Å². The highest BCUT2D eigenvalue weighted by Gasteiger charge is 2.48. The first-order chi connectivity index (χ1) is 6.73. The summed E-state index contributed by atoms with van der Waals surface area (Å²) < 4.78 is 5.30. The van der Waals surface area contributed by atoms with Crippen molar-refractivity contribution in [1.82, 2.24) is 0 Å². The molecule has 1 aliphatic rings. The van der Waals surface area contributed by atoms with Crippen LogP contribution in [-0.2, 0) is 9.53 Å². The maximum absolute atomic E-state index is 11.0. The number of carbonyl (C=O) groups excluding carboxylic acids is 1. The maximum Gasteiger partial charge on any atom is 0.307 e. The summed E-state index contributed by atoms with van der Waals surface area (Å²) >= 11 is 0. The van der Waals surface area contributed by atoms with Gasteiger partial charge in [0.2, 0.25) is 0 Å². The predicted octanol–water partition coefficient (Wildman–Crippen LogP) is 3.53. The second-order valence-electron chi connectivity index (χ2n) is 5.77. The van der Waals surface area contributed by atoms with Gasteiger partial charge in [-0.2, -0.15) is 0 Å². The third kappa shape index (κ3) is 3.08. The summed E-state index contributed by atoms with van der Waals surface area (Å²) in [7, 11) is 0. The van der Waals surface area contributed by atoms with Gasteiger partial charge in [-0.25, -0.2) is 0 Å². The summed E-state index contributed by atoms with van der Waals surface area (Å²) in [4.78, 5) is 11.0. The summed E-state index contributed by atoms with van der Waals surface area (Å²) in [6, 6.07) is 0. The van der Waals surface area contributed by atoms with Crippen LogP contribution in [0.5, 0.6) is 0 Å². The molecule has 2 atom stereocenters. The second-order valence-corrected chi connectivity index (χ2v) is 5.77. The Kier molecular flexibility index (Phi) is 3.27. The molecule has 15 heavy (non-hydrogen) atoms. The number of esters is 1. The molecule has 2 nitrogen and oxygen atoms in total. The van der Waals surface area contributed by atoms with Gasteiger partial charge in [0.1, 0.15) is 5.76 Å². The first-order valence-electron chi connectivity index (χ1n) is 5.59. The summed E-state index contributed by atoms with van der Waals surface area (Å²) in [5.41, 5.74) is 1.44. The molecule has 0 aromatic carbocycles. The Labute approximate surface area is 92.7 Å². The maximum atomic E-state index is 11.0. The molecule has 1 saturated carbocycles. The molecule has 86 valence electrons. The topological polar surface area (TPSA) is 26.3 Å². The molecule has 0 aromatic heterocycles. The lowest BCUT2D eigenvalue weighted by atomic mass is 9.88. The summed E-state index contributed by atoms with van der Waals surface area (Å²) in [5, 5.41) is 0. The highest BCUT2D eigenvalue weighted by Crippen LogP contribution is 2.54. The molecule has 0 saturated heterocycles. The van der Waals surface area contributed by atoms with E-state index in [0.717, 1.165) is 17.8 Å². The van der Waals surface area contributed by atoms with Crippen LogP contribution in [0, 0.1) is 17.3 Å². The van der Waals surface area contributed by atoms with E-state index in [0.29, 0.717) is 17.3 Å². The summed E-state index contributed by atoms with van der Waals surface area (Å²) in [5.74, 6) is 1.81. The SMILES string of the molecule is CC(=O)OC(=C(C)C)[C@H]1C[C@@H]1C(C)(C)C. The van der Waals surface area contributed by atoms with Crippen LogP contribution in [-0.4, -0.2) is 5.97 Å². The lowest BCUT2D eigenvalue weighted by Gasteiger charge is -2.19. The zero-order valence-electron chi connectivity index (χ0n) is 10.7. The van der Waals surface area contributed by atoms with Crippen LogP contribution >= 0.6 is 0 Å². The van der Waals surface area contributed by atoms with Gasteiger partial charge >= 0.3 is 5.97 Å². The molecule has 0 radical (unpaired) electrons. The van der Waals surface area contributed by atoms with Crippen LogP contribution in [0.2, 0.25) is 0 Å². The van der Waals surface area contributed by atoms with Crippen LogP contribution in [0.1, 0.15) is 48.0 Å². The molecule has 0 unspecified atom stereocenters. The van der Waals surface area contributed by atoms with Crippen molar-refractivity contribution in [1.29, 1.82) is 0 Å². The van der Waals surface area contributed by atoms with Crippen LogP contribution < -0.4 is 0 Å². The summed E-state index contributed by atoms with van der Waals surface area (Å²) in [6.07, 6.45) is 1.15. The van der Waals surface area contributed by atoms with Crippen molar-refractivity contribution in [3.05, 3.63) is 11.3 Å². The lowest BCUT2D eigenvalue weighted by Crippen LogP contribution is -2.12. The Morgan fingerprint density at radius 2 is 1.73 bits per heavy atom. The van der Waals surface area contributed by atoms with Crippen molar-refractivity contribution >= 4 is 5.97 Å². The van der Waals surface area contributed by atoms with Crippen LogP contribution in [0.3, 0.4) is 0 Å². The van der Waals surface area contributed by atoms with E-state index in [1.807, 2.05) is 13.8 Å². The van der Waals surface area contributed by atoms with E-state index in [1.54, 1.807) is 0 Å². The number of hydrogen-bond acceptors (Lipinski definition) is 2. The number of carbonyl (C=O) groups is 1. The molecule has 0 amide bonds. The number of rotatable bonds is 2. The van der Waals surface area contributed by atoms with Gasteiger partial charge in [0.25, 0.3) is 0 Å². The van der Waals surface area contributed by atoms with E-state index in [-0.39, 0.29) is 5.97 Å². The highest BCUT2D eigenvalue weighted by atomic mass is 16.5. The highest BCUT2D eigenvalue weighted by molar-refractivity contribution is 5.67. The minimum Gasteiger partial charge on any atom is -0.431 e. The van der Waals surface area contributed by atoms with Crippen LogP contribution in [0.25, 0.3) is 0 Å². The van der Waals surface area contributed by atoms with Gasteiger partial charge in [-0.1, -0.05) is 20.8 Å². The van der Waals surface area contributed by atoms with Gasteiger partial charge in [0, 0.05) is 12.8 Å². The third-order valence-electron chi connectivity index (χ3n) is 2.99. The van der Waals surface area contributed by atoms with E-state index in [4.69, 9.17) is 4.74 Å². The van der Waals surface area contributed by atoms with E-state index in [1.165, 1.54) is 6.92 Å². The van der Waals surface area contributed by atoms with Crippen molar-refractivity contribution in [2.45, 2.75) is 48.0 Å². The van der Waals surface area contributed by atoms with Crippen molar-refractivity contribution in [2.75, 3.05) is 0 Å². The molecule has 1 rings (SSSR count). The Bertz CT molecular complexity index is 290. The molecular formula is C13H22O2. The number of allylic oxidation sites excluding steroid dienone is 2. The fourth-order valence-electron chi connectivity index (χ4n) is 2.15. The van der Waals surface area contributed by atoms with Gasteiger partial charge in [0.15, 0.2) is 0 Å². The zero-order chi connectivity index (χ0) is 11.8. The molecule has 0 bridgehead atoms. The van der Waals surface area contributed by atoms with Crippen molar-refractivity contribution in [3.8, 4) is 0 Å². The molecule has 0 N–H and O–H groups in total. The van der Waals surface area contributed by atoms with Gasteiger partial charge in [0.05, 0.1) is 0 Å². The van der Waals surface area contributed by atoms with Gasteiger partial charge in [-0.05, 0) is 37.2 Å². The molecule has 0 aliphatic heterocycles. The fraction of sp³-hybridized carbons (Fsp3) is 0.769. The normalized spacial score (nSPS) is 24.7. The largest absolute Gasteiger partial charge is 0.431 e. The number of hydrogen-bond donors (Lipinski definition) is 0. The number of ether oxygens (including phenoxy) is 1. The molecular weight excluding hydrogens is 188 g/mol. The minimum atomic E-state index is -0.203. The molecule has 1 fully saturated rings. The molecule has 0 spiro atoms. The summed E-state index contributed by atoms with van der Waals surface area (Å²) in [6.45, 7) is 12.2. The lowest BCUT2D eigenvalue weighted by molar-refractivity contribution is -0.137. The monoisotopic (exact) mass is 210 g/mol. The Balaban J connectivity index is 2.72. The van der Waals surface area contributed by atoms with E-state index in [2.05, 4.69) is 20.8 Å². The van der Waals surface area contributed by atoms with Crippen molar-refractivity contribution in [2.24, 2.45) is 17.3 Å². The smallest absolute Gasteiger partial charge is 0.307 e. The Hall–Kier alpha value is -0.790. The molecule has 1 aliphatic carbocycles. The molecule has 2 heteroatoms. The predicted molar refractivity (Wildman–Crippen MR) is 61.2 cm³/mol. The van der Waals surface area contributed by atoms with Crippen LogP contribution in [0.15, 0.2) is 11.3 Å². The fourth-order valence-corrected chi connectivity index (χ4v) is 2.15. The van der Waals surface area contributed by atoms with Gasteiger partial charge in [-0.15, -0.1) is 0 Å². The minimum absolute atomic E-state index is 0.203. The first kappa shape index (κ1) is 12.3. The average molecular weight is 210 g/mol. The van der Waals surface area contributed by atoms with Crippen molar-refractivity contribution in [3.63, 3.8) is 0 Å². The standard InChI is InChI=1S/C13H22O2/c1-8(2)12(15-9(3)14)10-7-11(10)13(4,5)6/h10-11H,7H2,1-6H3/t10-,11-/m0/s1.